The highest BCUT2D eigenvalue weighted by molar-refractivity contribution is 9.10. The Bertz CT molecular complexity index is 600. The Morgan fingerprint density at radius 1 is 1.30 bits per heavy atom. The summed E-state index contributed by atoms with van der Waals surface area (Å²) in [6, 6.07) is 5.07. The molecule has 0 unspecified atom stereocenters. The molecule has 0 radical (unpaired) electrons. The van der Waals surface area contributed by atoms with Gasteiger partial charge in [0, 0.05) is 4.47 Å². The van der Waals surface area contributed by atoms with Gasteiger partial charge in [0.25, 0.3) is 0 Å². The highest BCUT2D eigenvalue weighted by Gasteiger charge is 2.28. The van der Waals surface area contributed by atoms with Crippen molar-refractivity contribution in [2.75, 3.05) is 12.4 Å². The third-order valence-electron chi connectivity index (χ3n) is 2.86. The molecule has 0 amide bonds. The molecule has 0 aliphatic carbocycles. The summed E-state index contributed by atoms with van der Waals surface area (Å²) in [7, 11) is -3.23. The van der Waals surface area contributed by atoms with E-state index in [0.717, 1.165) is 4.47 Å². The van der Waals surface area contributed by atoms with E-state index in [1.807, 2.05) is 0 Å². The molecule has 4 nitrogen and oxygen atoms in total. The van der Waals surface area contributed by atoms with Crippen LogP contribution in [0.25, 0.3) is 0 Å². The van der Waals surface area contributed by atoms with Gasteiger partial charge < -0.3 is 4.74 Å². The van der Waals surface area contributed by atoms with E-state index in [-0.39, 0.29) is 18.1 Å². The van der Waals surface area contributed by atoms with Gasteiger partial charge in [-0.2, -0.15) is 0 Å². The third kappa shape index (κ3) is 4.31. The third-order valence-corrected chi connectivity index (χ3v) is 5.93. The van der Waals surface area contributed by atoms with Crippen LogP contribution in [0.1, 0.15) is 38.1 Å². The molecule has 1 rings (SSSR count). The minimum atomic E-state index is -3.23. The molecule has 0 aromatic heterocycles. The lowest BCUT2D eigenvalue weighted by Crippen LogP contribution is -2.32. The number of ether oxygens (including phenoxy) is 1. The Balaban J connectivity index is 2.80. The quantitative estimate of drug-likeness (QED) is 0.754. The van der Waals surface area contributed by atoms with Gasteiger partial charge in [-0.3, -0.25) is 4.79 Å². The van der Waals surface area contributed by atoms with Gasteiger partial charge in [0.05, 0.1) is 16.1 Å². The Hall–Kier alpha value is -0.880. The molecule has 0 spiro atoms. The van der Waals surface area contributed by atoms with Crippen LogP contribution in [-0.4, -0.2) is 31.3 Å². The zero-order valence-electron chi connectivity index (χ0n) is 12.1. The number of rotatable bonds is 5. The highest BCUT2D eigenvalue weighted by Crippen LogP contribution is 2.24. The number of carbonyl (C=O) groups is 1. The van der Waals surface area contributed by atoms with Crippen molar-refractivity contribution in [3.63, 3.8) is 0 Å². The molecule has 0 N–H and O–H groups in total. The first-order valence-electron chi connectivity index (χ1n) is 6.20. The highest BCUT2D eigenvalue weighted by atomic mass is 79.9. The molecule has 0 atom stereocenters. The SMILES string of the molecule is CC(=O)c1cc(Br)ccc1OCCS(=O)(=O)C(C)(C)C. The molecule has 112 valence electrons. The van der Waals surface area contributed by atoms with E-state index < -0.39 is 14.6 Å². The van der Waals surface area contributed by atoms with Crippen LogP contribution in [0, 0.1) is 0 Å². The van der Waals surface area contributed by atoms with E-state index in [1.54, 1.807) is 39.0 Å². The van der Waals surface area contributed by atoms with Crippen LogP contribution in [0.5, 0.6) is 5.75 Å². The Kier molecular flexibility index (Phi) is 5.38. The maximum atomic E-state index is 12.0. The van der Waals surface area contributed by atoms with Crippen molar-refractivity contribution in [2.24, 2.45) is 0 Å². The predicted molar refractivity (Wildman–Crippen MR) is 83.2 cm³/mol. The van der Waals surface area contributed by atoms with Crippen LogP contribution in [-0.2, 0) is 9.84 Å². The van der Waals surface area contributed by atoms with Crippen molar-refractivity contribution in [3.8, 4) is 5.75 Å². The fraction of sp³-hybridized carbons (Fsp3) is 0.500. The maximum Gasteiger partial charge on any atom is 0.163 e. The summed E-state index contributed by atoms with van der Waals surface area (Å²) in [6.07, 6.45) is 0. The van der Waals surface area contributed by atoms with E-state index in [1.165, 1.54) is 6.92 Å². The minimum Gasteiger partial charge on any atom is -0.492 e. The van der Waals surface area contributed by atoms with Gasteiger partial charge in [0.1, 0.15) is 12.4 Å². The molecule has 0 fully saturated rings. The normalized spacial score (nSPS) is 12.2. The monoisotopic (exact) mass is 362 g/mol. The molecule has 0 aliphatic heterocycles. The number of hydrogen-bond acceptors (Lipinski definition) is 4. The van der Waals surface area contributed by atoms with Crippen LogP contribution >= 0.6 is 15.9 Å². The number of halogens is 1. The van der Waals surface area contributed by atoms with Crippen LogP contribution in [0.15, 0.2) is 22.7 Å². The van der Waals surface area contributed by atoms with E-state index in [2.05, 4.69) is 15.9 Å². The fourth-order valence-electron chi connectivity index (χ4n) is 1.47. The van der Waals surface area contributed by atoms with E-state index in [0.29, 0.717) is 11.3 Å². The summed E-state index contributed by atoms with van der Waals surface area (Å²) >= 11 is 3.29. The first kappa shape index (κ1) is 17.2. The average Bonchev–Trinajstić information content (AvgIpc) is 2.29. The zero-order valence-corrected chi connectivity index (χ0v) is 14.5. The van der Waals surface area contributed by atoms with Gasteiger partial charge in [-0.05, 0) is 45.9 Å². The van der Waals surface area contributed by atoms with Crippen molar-refractivity contribution in [3.05, 3.63) is 28.2 Å². The van der Waals surface area contributed by atoms with E-state index in [9.17, 15) is 13.2 Å². The lowest BCUT2D eigenvalue weighted by Gasteiger charge is -2.19. The summed E-state index contributed by atoms with van der Waals surface area (Å²) < 4.78 is 29.4. The molecular formula is C14H19BrO4S. The number of ketones is 1. The first-order valence-corrected chi connectivity index (χ1v) is 8.65. The molecule has 0 aliphatic rings. The molecular weight excluding hydrogens is 344 g/mol. The van der Waals surface area contributed by atoms with Gasteiger partial charge in [0.15, 0.2) is 15.6 Å². The van der Waals surface area contributed by atoms with Crippen LogP contribution in [0.2, 0.25) is 0 Å². The summed E-state index contributed by atoms with van der Waals surface area (Å²) in [5.41, 5.74) is 0.438. The summed E-state index contributed by atoms with van der Waals surface area (Å²) in [5, 5.41) is 0. The van der Waals surface area contributed by atoms with Crippen molar-refractivity contribution in [1.29, 1.82) is 0 Å². The van der Waals surface area contributed by atoms with Gasteiger partial charge in [-0.25, -0.2) is 8.42 Å². The maximum absolute atomic E-state index is 12.0. The van der Waals surface area contributed by atoms with Crippen molar-refractivity contribution in [1.82, 2.24) is 0 Å². The van der Waals surface area contributed by atoms with Crippen molar-refractivity contribution in [2.45, 2.75) is 32.4 Å². The first-order chi connectivity index (χ1) is 9.04. The van der Waals surface area contributed by atoms with E-state index in [4.69, 9.17) is 4.74 Å². The number of carbonyl (C=O) groups excluding carboxylic acids is 1. The standard InChI is InChI=1S/C14H19BrO4S/c1-10(16)12-9-11(15)5-6-13(12)19-7-8-20(17,18)14(2,3)4/h5-6,9H,7-8H2,1-4H3. The molecule has 6 heteroatoms. The van der Waals surface area contributed by atoms with Gasteiger partial charge in [0.2, 0.25) is 0 Å². The zero-order chi connectivity index (χ0) is 15.6. The number of sulfone groups is 1. The van der Waals surface area contributed by atoms with Gasteiger partial charge in [-0.1, -0.05) is 15.9 Å². The predicted octanol–water partition coefficient (Wildman–Crippen LogP) is 3.24. The number of benzene rings is 1. The second-order valence-electron chi connectivity index (χ2n) is 5.48. The van der Waals surface area contributed by atoms with Crippen LogP contribution < -0.4 is 4.74 Å². The topological polar surface area (TPSA) is 60.4 Å². The molecule has 0 saturated heterocycles. The second kappa shape index (κ2) is 6.26. The number of hydrogen-bond donors (Lipinski definition) is 0. The average molecular weight is 363 g/mol. The molecule has 20 heavy (non-hydrogen) atoms. The largest absolute Gasteiger partial charge is 0.492 e. The van der Waals surface area contributed by atoms with Crippen molar-refractivity contribution >= 4 is 31.6 Å². The summed E-state index contributed by atoms with van der Waals surface area (Å²) in [5.74, 6) is 0.203. The Labute approximate surface area is 128 Å². The second-order valence-corrected chi connectivity index (χ2v) is 9.25. The van der Waals surface area contributed by atoms with Gasteiger partial charge >= 0.3 is 0 Å². The van der Waals surface area contributed by atoms with E-state index >= 15 is 0 Å². The van der Waals surface area contributed by atoms with Crippen LogP contribution in [0.4, 0.5) is 0 Å². The Morgan fingerprint density at radius 2 is 1.90 bits per heavy atom. The summed E-state index contributed by atoms with van der Waals surface area (Å²) in [6.45, 7) is 6.44. The van der Waals surface area contributed by atoms with Crippen molar-refractivity contribution < 1.29 is 17.9 Å². The van der Waals surface area contributed by atoms with Crippen LogP contribution in [0.3, 0.4) is 0 Å². The Morgan fingerprint density at radius 3 is 2.40 bits per heavy atom. The molecule has 0 heterocycles. The van der Waals surface area contributed by atoms with Gasteiger partial charge in [-0.15, -0.1) is 0 Å². The molecule has 1 aromatic rings. The molecule has 1 aromatic carbocycles. The molecule has 0 bridgehead atoms. The smallest absolute Gasteiger partial charge is 0.163 e. The number of Topliss-reactive ketones (excluding diaryl/α,β-unsaturated/α-hetero) is 1. The summed E-state index contributed by atoms with van der Waals surface area (Å²) in [4.78, 5) is 11.5. The lowest BCUT2D eigenvalue weighted by atomic mass is 10.1. The minimum absolute atomic E-state index is 0.0293. The molecule has 0 saturated carbocycles. The lowest BCUT2D eigenvalue weighted by molar-refractivity contribution is 0.101. The fourth-order valence-corrected chi connectivity index (χ4v) is 2.75.